The van der Waals surface area contributed by atoms with E-state index in [-0.39, 0.29) is 12.3 Å². The fourth-order valence-corrected chi connectivity index (χ4v) is 2.10. The lowest BCUT2D eigenvalue weighted by Crippen LogP contribution is -2.51. The number of aliphatic carboxylic acids is 1. The van der Waals surface area contributed by atoms with Crippen molar-refractivity contribution in [3.63, 3.8) is 0 Å². The summed E-state index contributed by atoms with van der Waals surface area (Å²) in [4.78, 5) is 23.6. The number of rotatable bonds is 7. The molecule has 0 aliphatic heterocycles. The summed E-state index contributed by atoms with van der Waals surface area (Å²) in [5.41, 5.74) is -0.559. The van der Waals surface area contributed by atoms with Crippen molar-refractivity contribution in [2.45, 2.75) is 32.7 Å². The Hall–Kier alpha value is -2.24. The highest BCUT2D eigenvalue weighted by molar-refractivity contribution is 5.98. The van der Waals surface area contributed by atoms with Gasteiger partial charge in [-0.3, -0.25) is 9.59 Å². The lowest BCUT2D eigenvalue weighted by molar-refractivity contribution is -0.138. The number of benzene rings is 1. The van der Waals surface area contributed by atoms with Gasteiger partial charge in [0.25, 0.3) is 5.91 Å². The highest BCUT2D eigenvalue weighted by Gasteiger charge is 2.34. The van der Waals surface area contributed by atoms with Gasteiger partial charge in [0.05, 0.1) is 31.7 Å². The summed E-state index contributed by atoms with van der Waals surface area (Å²) in [5.74, 6) is -0.643. The van der Waals surface area contributed by atoms with E-state index in [9.17, 15) is 9.59 Å². The molecule has 1 unspecified atom stereocenters. The maximum Gasteiger partial charge on any atom is 0.305 e. The molecular weight excluding hydrogens is 286 g/mol. The largest absolute Gasteiger partial charge is 0.493 e. The summed E-state index contributed by atoms with van der Waals surface area (Å²) in [6, 6.07) is 4.98. The third-order valence-corrected chi connectivity index (χ3v) is 3.84. The molecule has 2 N–H and O–H groups in total. The first-order valence-electron chi connectivity index (χ1n) is 7.00. The first-order valence-corrected chi connectivity index (χ1v) is 7.00. The van der Waals surface area contributed by atoms with Crippen molar-refractivity contribution in [3.8, 4) is 11.5 Å². The average Bonchev–Trinajstić information content (AvgIpc) is 2.44. The van der Waals surface area contributed by atoms with Crippen molar-refractivity contribution < 1.29 is 24.2 Å². The number of carboxylic acids is 1. The average molecular weight is 309 g/mol. The molecule has 0 spiro atoms. The molecular formula is C16H23NO5. The van der Waals surface area contributed by atoms with Gasteiger partial charge in [0.1, 0.15) is 0 Å². The first-order chi connectivity index (χ1) is 10.2. The van der Waals surface area contributed by atoms with E-state index in [0.717, 1.165) is 0 Å². The van der Waals surface area contributed by atoms with Gasteiger partial charge in [-0.25, -0.2) is 0 Å². The number of carboxylic acid groups (broad SMARTS) is 1. The zero-order valence-corrected chi connectivity index (χ0v) is 13.6. The molecule has 0 aromatic heterocycles. The Morgan fingerprint density at radius 3 is 2.36 bits per heavy atom. The van der Waals surface area contributed by atoms with Crippen LogP contribution < -0.4 is 14.8 Å². The van der Waals surface area contributed by atoms with E-state index in [2.05, 4.69) is 5.32 Å². The zero-order valence-electron chi connectivity index (χ0n) is 13.6. The standard InChI is InChI=1S/C16H23NO5/c1-10(2)16(3,9-13(18)19)17-15(20)11-7-6-8-12(21-4)14(11)22-5/h6-8,10H,9H2,1-5H3,(H,17,20)(H,18,19). The highest BCUT2D eigenvalue weighted by atomic mass is 16.5. The zero-order chi connectivity index (χ0) is 16.9. The van der Waals surface area contributed by atoms with Crippen molar-refractivity contribution in [3.05, 3.63) is 23.8 Å². The number of hydrogen-bond acceptors (Lipinski definition) is 4. The molecule has 0 aliphatic rings. The fraction of sp³-hybridized carbons (Fsp3) is 0.500. The first kappa shape index (κ1) is 17.8. The Bertz CT molecular complexity index is 555. The van der Waals surface area contributed by atoms with Gasteiger partial charge in [0.2, 0.25) is 0 Å². The quantitative estimate of drug-likeness (QED) is 0.807. The molecule has 0 saturated heterocycles. The van der Waals surface area contributed by atoms with Crippen LogP contribution in [0.1, 0.15) is 37.6 Å². The fourth-order valence-electron chi connectivity index (χ4n) is 2.10. The predicted molar refractivity (Wildman–Crippen MR) is 82.5 cm³/mol. The maximum atomic E-state index is 12.6. The number of carbonyl (C=O) groups excluding carboxylic acids is 1. The Labute approximate surface area is 130 Å². The SMILES string of the molecule is COc1cccc(C(=O)NC(C)(CC(=O)O)C(C)C)c1OC. The van der Waals surface area contributed by atoms with Crippen LogP contribution in [0.3, 0.4) is 0 Å². The third kappa shape index (κ3) is 3.90. The molecule has 0 fully saturated rings. The molecule has 1 rings (SSSR count). The number of hydrogen-bond donors (Lipinski definition) is 2. The topological polar surface area (TPSA) is 84.9 Å². The minimum Gasteiger partial charge on any atom is -0.493 e. The highest BCUT2D eigenvalue weighted by Crippen LogP contribution is 2.31. The van der Waals surface area contributed by atoms with E-state index in [1.54, 1.807) is 25.1 Å². The molecule has 1 amide bonds. The van der Waals surface area contributed by atoms with Gasteiger partial charge in [-0.15, -0.1) is 0 Å². The van der Waals surface area contributed by atoms with Crippen LogP contribution >= 0.6 is 0 Å². The second-order valence-electron chi connectivity index (χ2n) is 5.64. The summed E-state index contributed by atoms with van der Waals surface area (Å²) >= 11 is 0. The minimum absolute atomic E-state index is 0.0517. The number of amides is 1. The summed E-state index contributed by atoms with van der Waals surface area (Å²) in [5, 5.41) is 11.9. The van der Waals surface area contributed by atoms with Crippen molar-refractivity contribution in [1.29, 1.82) is 0 Å². The Kier molecular flexibility index (Phi) is 5.79. The number of ether oxygens (including phenoxy) is 2. The van der Waals surface area contributed by atoms with E-state index in [1.807, 2.05) is 13.8 Å². The van der Waals surface area contributed by atoms with Gasteiger partial charge >= 0.3 is 5.97 Å². The molecule has 0 saturated carbocycles. The molecule has 1 aromatic rings. The normalized spacial score (nSPS) is 13.4. The van der Waals surface area contributed by atoms with Gasteiger partial charge in [-0.05, 0) is 25.0 Å². The van der Waals surface area contributed by atoms with Gasteiger partial charge in [0, 0.05) is 0 Å². The van der Waals surface area contributed by atoms with Crippen LogP contribution in [0.15, 0.2) is 18.2 Å². The van der Waals surface area contributed by atoms with E-state index in [4.69, 9.17) is 14.6 Å². The second kappa shape index (κ2) is 7.15. The molecule has 0 aliphatic carbocycles. The van der Waals surface area contributed by atoms with E-state index >= 15 is 0 Å². The molecule has 1 atom stereocenters. The predicted octanol–water partition coefficient (Wildman–Crippen LogP) is 2.32. The van der Waals surface area contributed by atoms with Crippen molar-refractivity contribution in [2.24, 2.45) is 5.92 Å². The summed E-state index contributed by atoms with van der Waals surface area (Å²) in [7, 11) is 2.94. The number of methoxy groups -OCH3 is 2. The maximum absolute atomic E-state index is 12.6. The van der Waals surface area contributed by atoms with Crippen molar-refractivity contribution in [1.82, 2.24) is 5.32 Å². The molecule has 22 heavy (non-hydrogen) atoms. The van der Waals surface area contributed by atoms with Crippen LogP contribution in [0.2, 0.25) is 0 Å². The van der Waals surface area contributed by atoms with Crippen molar-refractivity contribution >= 4 is 11.9 Å². The molecule has 122 valence electrons. The van der Waals surface area contributed by atoms with Crippen LogP contribution in [-0.2, 0) is 4.79 Å². The minimum atomic E-state index is -0.964. The summed E-state index contributed by atoms with van der Waals surface area (Å²) < 4.78 is 10.4. The lowest BCUT2D eigenvalue weighted by atomic mass is 9.85. The van der Waals surface area contributed by atoms with Gasteiger partial charge in [-0.1, -0.05) is 19.9 Å². The summed E-state index contributed by atoms with van der Waals surface area (Å²) in [6.45, 7) is 5.45. The van der Waals surface area contributed by atoms with E-state index < -0.39 is 17.4 Å². The van der Waals surface area contributed by atoms with Crippen LogP contribution in [0.25, 0.3) is 0 Å². The van der Waals surface area contributed by atoms with Crippen LogP contribution in [-0.4, -0.2) is 36.7 Å². The monoisotopic (exact) mass is 309 g/mol. The van der Waals surface area contributed by atoms with E-state index in [0.29, 0.717) is 17.1 Å². The molecule has 6 nitrogen and oxygen atoms in total. The number of para-hydroxylation sites is 1. The molecule has 6 heteroatoms. The Morgan fingerprint density at radius 1 is 1.27 bits per heavy atom. The van der Waals surface area contributed by atoms with Crippen molar-refractivity contribution in [2.75, 3.05) is 14.2 Å². The molecule has 0 bridgehead atoms. The van der Waals surface area contributed by atoms with E-state index in [1.165, 1.54) is 14.2 Å². The van der Waals surface area contributed by atoms with Gasteiger partial charge in [0.15, 0.2) is 11.5 Å². The van der Waals surface area contributed by atoms with Crippen LogP contribution in [0.5, 0.6) is 11.5 Å². The Morgan fingerprint density at radius 2 is 1.91 bits per heavy atom. The summed E-state index contributed by atoms with van der Waals surface area (Å²) in [6.07, 6.45) is -0.164. The lowest BCUT2D eigenvalue weighted by Gasteiger charge is -2.33. The van der Waals surface area contributed by atoms with Crippen LogP contribution in [0, 0.1) is 5.92 Å². The third-order valence-electron chi connectivity index (χ3n) is 3.84. The van der Waals surface area contributed by atoms with Gasteiger partial charge < -0.3 is 19.9 Å². The molecule has 1 aromatic carbocycles. The van der Waals surface area contributed by atoms with Crippen LogP contribution in [0.4, 0.5) is 0 Å². The molecule has 0 heterocycles. The number of nitrogens with one attached hydrogen (secondary N) is 1. The Balaban J connectivity index is 3.13. The smallest absolute Gasteiger partial charge is 0.305 e. The second-order valence-corrected chi connectivity index (χ2v) is 5.64. The number of carbonyl (C=O) groups is 2. The molecule has 0 radical (unpaired) electrons. The van der Waals surface area contributed by atoms with Gasteiger partial charge in [-0.2, -0.15) is 0 Å².